The van der Waals surface area contributed by atoms with E-state index >= 15 is 0 Å². The third kappa shape index (κ3) is 6.41. The van der Waals surface area contributed by atoms with Crippen molar-refractivity contribution in [1.29, 1.82) is 0 Å². The van der Waals surface area contributed by atoms with Gasteiger partial charge in [0.15, 0.2) is 8.32 Å². The summed E-state index contributed by atoms with van der Waals surface area (Å²) in [7, 11) is -1.73. The summed E-state index contributed by atoms with van der Waals surface area (Å²) in [5, 5.41) is 10.2. The summed E-state index contributed by atoms with van der Waals surface area (Å²) in [5.41, 5.74) is 0. The summed E-state index contributed by atoms with van der Waals surface area (Å²) in [6.07, 6.45) is 1.95. The second-order valence-electron chi connectivity index (χ2n) is 7.15. The van der Waals surface area contributed by atoms with E-state index in [4.69, 9.17) is 9.16 Å². The smallest absolute Gasteiger partial charge is 0.191 e. The van der Waals surface area contributed by atoms with Gasteiger partial charge in [-0.1, -0.05) is 48.5 Å². The number of hydrogen-bond acceptors (Lipinski definition) is 3. The average Bonchev–Trinajstić information content (AvgIpc) is 2.36. The van der Waals surface area contributed by atoms with Crippen LogP contribution in [-0.4, -0.2) is 43.7 Å². The molecular weight excluding hydrogens is 348 g/mol. The van der Waals surface area contributed by atoms with Crippen molar-refractivity contribution in [3.05, 3.63) is 0 Å². The van der Waals surface area contributed by atoms with Crippen LogP contribution in [0.3, 0.4) is 0 Å². The Morgan fingerprint density at radius 1 is 1.43 bits per heavy atom. The van der Waals surface area contributed by atoms with Gasteiger partial charge >= 0.3 is 0 Å². The van der Waals surface area contributed by atoms with Gasteiger partial charge in [-0.15, -0.1) is 0 Å². The predicted octanol–water partition coefficient (Wildman–Crippen LogP) is 3.71. The monoisotopic (exact) mass is 376 g/mol. The van der Waals surface area contributed by atoms with E-state index in [1.165, 1.54) is 0 Å². The Kier molecular flexibility index (Phi) is 7.42. The van der Waals surface area contributed by atoms with E-state index in [2.05, 4.69) is 61.6 Å². The lowest BCUT2D eigenvalue weighted by atomic mass is 10.1. The number of aliphatic hydroxyl groups excluding tert-OH is 1. The summed E-state index contributed by atoms with van der Waals surface area (Å²) in [5.74, 6) is 5.93. The predicted molar refractivity (Wildman–Crippen MR) is 93.2 cm³/mol. The molecule has 3 atom stereocenters. The molecule has 0 aliphatic carbocycles. The molecule has 0 bridgehead atoms. The first-order valence-electron chi connectivity index (χ1n) is 7.72. The third-order valence-corrected chi connectivity index (χ3v) is 9.78. The molecule has 0 aromatic carbocycles. The molecule has 0 amide bonds. The van der Waals surface area contributed by atoms with E-state index in [0.717, 1.165) is 19.4 Å². The molecule has 0 spiro atoms. The normalized spacial score (nSPS) is 25.1. The van der Waals surface area contributed by atoms with E-state index in [-0.39, 0.29) is 16.0 Å². The summed E-state index contributed by atoms with van der Waals surface area (Å²) in [6.45, 7) is 12.4. The lowest BCUT2D eigenvalue weighted by molar-refractivity contribution is 0.0586. The highest BCUT2D eigenvalue weighted by Crippen LogP contribution is 2.36. The Labute approximate surface area is 139 Å². The molecule has 1 aliphatic heterocycles. The lowest BCUT2D eigenvalue weighted by Gasteiger charge is -2.36. The number of rotatable bonds is 4. The van der Waals surface area contributed by atoms with Crippen molar-refractivity contribution >= 4 is 24.2 Å². The molecule has 1 saturated heterocycles. The first-order valence-corrected chi connectivity index (χ1v) is 11.5. The average molecular weight is 377 g/mol. The molecule has 3 nitrogen and oxygen atoms in total. The van der Waals surface area contributed by atoms with Crippen LogP contribution in [-0.2, 0) is 9.16 Å². The number of halogens is 1. The van der Waals surface area contributed by atoms with Gasteiger partial charge in [0, 0.05) is 19.6 Å². The number of ether oxygens (including phenoxy) is 1. The van der Waals surface area contributed by atoms with Gasteiger partial charge in [0.1, 0.15) is 12.2 Å². The Hall–Kier alpha value is 0.137. The fraction of sp³-hybridized carbons (Fsp3) is 0.875. The van der Waals surface area contributed by atoms with Gasteiger partial charge in [-0.2, -0.15) is 0 Å². The van der Waals surface area contributed by atoms with Gasteiger partial charge in [-0.25, -0.2) is 0 Å². The molecule has 21 heavy (non-hydrogen) atoms. The fourth-order valence-corrected chi connectivity index (χ4v) is 3.44. The molecular formula is C16H29BrO3Si. The molecule has 1 heterocycles. The van der Waals surface area contributed by atoms with E-state index < -0.39 is 14.4 Å². The lowest BCUT2D eigenvalue weighted by Crippen LogP contribution is -2.41. The summed E-state index contributed by atoms with van der Waals surface area (Å²) in [4.78, 5) is 0.273. The van der Waals surface area contributed by atoms with Crippen LogP contribution in [0.2, 0.25) is 18.1 Å². The third-order valence-electron chi connectivity index (χ3n) is 4.30. The van der Waals surface area contributed by atoms with Gasteiger partial charge in [0.2, 0.25) is 0 Å². The van der Waals surface area contributed by atoms with Crippen LogP contribution in [0.25, 0.3) is 0 Å². The van der Waals surface area contributed by atoms with Gasteiger partial charge in [-0.3, -0.25) is 0 Å². The largest absolute Gasteiger partial charge is 0.417 e. The second-order valence-corrected chi connectivity index (χ2v) is 13.1. The van der Waals surface area contributed by atoms with Gasteiger partial charge < -0.3 is 14.3 Å². The highest BCUT2D eigenvalue weighted by atomic mass is 79.9. The van der Waals surface area contributed by atoms with Crippen molar-refractivity contribution in [3.63, 3.8) is 0 Å². The maximum atomic E-state index is 9.96. The SMILES string of the molecule is CC(C)(C)[Si](C)(C)OCCC(O)C#C[C@@H]1OCCC[C@H]1Br. The molecule has 0 saturated carbocycles. The van der Waals surface area contributed by atoms with Crippen LogP contribution in [0.15, 0.2) is 0 Å². The molecule has 0 aromatic rings. The minimum atomic E-state index is -1.73. The van der Waals surface area contributed by atoms with E-state index in [1.807, 2.05) is 0 Å². The standard InChI is InChI=1S/C16H29BrO3Si/c1-16(2,3)21(4,5)20-12-10-13(18)8-9-15-14(17)7-6-11-19-15/h13-15,18H,6-7,10-12H2,1-5H3/t13?,14-,15+/m1/s1. The molecule has 5 heteroatoms. The molecule has 1 aliphatic rings. The highest BCUT2D eigenvalue weighted by Gasteiger charge is 2.36. The first-order chi connectivity index (χ1) is 9.63. The van der Waals surface area contributed by atoms with Crippen molar-refractivity contribution in [3.8, 4) is 11.8 Å². The molecule has 1 rings (SSSR count). The molecule has 122 valence electrons. The highest BCUT2D eigenvalue weighted by molar-refractivity contribution is 9.09. The van der Waals surface area contributed by atoms with Crippen molar-refractivity contribution in [1.82, 2.24) is 0 Å². The van der Waals surface area contributed by atoms with Gasteiger partial charge in [-0.05, 0) is 31.0 Å². The Bertz CT molecular complexity index is 381. The fourth-order valence-electron chi connectivity index (χ4n) is 1.77. The van der Waals surface area contributed by atoms with Crippen LogP contribution in [0.4, 0.5) is 0 Å². The van der Waals surface area contributed by atoms with E-state index in [1.54, 1.807) is 0 Å². The maximum Gasteiger partial charge on any atom is 0.191 e. The number of aliphatic hydroxyl groups is 1. The van der Waals surface area contributed by atoms with Crippen LogP contribution < -0.4 is 0 Å². The Balaban J connectivity index is 2.36. The molecule has 0 aromatic heterocycles. The first kappa shape index (κ1) is 19.2. The van der Waals surface area contributed by atoms with Crippen LogP contribution in [0.1, 0.15) is 40.0 Å². The molecule has 0 radical (unpaired) electrons. The zero-order valence-corrected chi connectivity index (χ0v) is 16.5. The van der Waals surface area contributed by atoms with Crippen LogP contribution >= 0.6 is 15.9 Å². The van der Waals surface area contributed by atoms with Crippen molar-refractivity contribution in [2.75, 3.05) is 13.2 Å². The number of hydrogen-bond donors (Lipinski definition) is 1. The van der Waals surface area contributed by atoms with Crippen LogP contribution in [0, 0.1) is 11.8 Å². The zero-order chi connectivity index (χ0) is 16.1. The maximum absolute atomic E-state index is 9.96. The number of alkyl halides is 1. The quantitative estimate of drug-likeness (QED) is 0.461. The Morgan fingerprint density at radius 3 is 2.67 bits per heavy atom. The summed E-state index contributed by atoms with van der Waals surface area (Å²) in [6, 6.07) is 0. The Morgan fingerprint density at radius 2 is 2.10 bits per heavy atom. The topological polar surface area (TPSA) is 38.7 Å². The van der Waals surface area contributed by atoms with E-state index in [9.17, 15) is 5.11 Å². The van der Waals surface area contributed by atoms with Crippen LogP contribution in [0.5, 0.6) is 0 Å². The minimum Gasteiger partial charge on any atom is -0.417 e. The minimum absolute atomic E-state index is 0.102. The van der Waals surface area contributed by atoms with Gasteiger partial charge in [0.05, 0.1) is 4.83 Å². The van der Waals surface area contributed by atoms with Crippen molar-refractivity contribution in [2.24, 2.45) is 0 Å². The molecule has 1 N–H and O–H groups in total. The van der Waals surface area contributed by atoms with Crippen molar-refractivity contribution in [2.45, 2.75) is 75.2 Å². The van der Waals surface area contributed by atoms with Gasteiger partial charge in [0.25, 0.3) is 0 Å². The summed E-state index contributed by atoms with van der Waals surface area (Å²) >= 11 is 3.58. The molecule has 1 unspecified atom stereocenters. The van der Waals surface area contributed by atoms with Crippen molar-refractivity contribution < 1.29 is 14.3 Å². The molecule has 1 fully saturated rings. The van der Waals surface area contributed by atoms with E-state index in [0.29, 0.717) is 13.0 Å². The summed E-state index contributed by atoms with van der Waals surface area (Å²) < 4.78 is 11.6. The second kappa shape index (κ2) is 8.12. The zero-order valence-electron chi connectivity index (χ0n) is 13.9.